The second kappa shape index (κ2) is 56.4. The summed E-state index contributed by atoms with van der Waals surface area (Å²) in [6, 6.07) is 25.4. The van der Waals surface area contributed by atoms with Crippen molar-refractivity contribution in [2.24, 2.45) is 0 Å². The van der Waals surface area contributed by atoms with Crippen LogP contribution in [0.2, 0.25) is 0 Å². The number of pyridine rings is 1. The number of fused-ring (bicyclic) bond motifs is 5. The van der Waals surface area contributed by atoms with Crippen LogP contribution in [-0.4, -0.2) is 152 Å². The van der Waals surface area contributed by atoms with Crippen molar-refractivity contribution in [3.63, 3.8) is 0 Å². The van der Waals surface area contributed by atoms with Crippen molar-refractivity contribution < 1.29 is 115 Å². The number of aryl methyl sites for hydroxylation is 3. The Morgan fingerprint density at radius 1 is 0.422 bits per heavy atom. The van der Waals surface area contributed by atoms with E-state index in [0.717, 1.165) is 72.3 Å². The maximum absolute atomic E-state index is 12.7. The van der Waals surface area contributed by atoms with Crippen LogP contribution in [0.5, 0.6) is 40.2 Å². The van der Waals surface area contributed by atoms with Crippen LogP contribution in [0.1, 0.15) is 100 Å². The zero-order valence-electron chi connectivity index (χ0n) is 71.1. The van der Waals surface area contributed by atoms with Gasteiger partial charge in [0.1, 0.15) is 22.7 Å². The Balaban J connectivity index is 0.000000745. The first kappa shape index (κ1) is 112. The molecule has 0 aliphatic rings. The second-order valence-electron chi connectivity index (χ2n) is 24.5. The molecule has 4 amide bonds. The van der Waals surface area contributed by atoms with Gasteiger partial charge < -0.3 is 96.1 Å². The number of H-pyrrole nitrogens is 3. The number of ether oxygens (including phenoxy) is 9. The summed E-state index contributed by atoms with van der Waals surface area (Å²) in [6.07, 6.45) is 3.44. The molecule has 0 unspecified atom stereocenters. The van der Waals surface area contributed by atoms with E-state index in [1.165, 1.54) is 124 Å². The predicted molar refractivity (Wildman–Crippen MR) is 493 cm³/mol. The Morgan fingerprint density at radius 3 is 1.22 bits per heavy atom. The minimum atomic E-state index is -0.617. The van der Waals surface area contributed by atoms with E-state index in [-0.39, 0.29) is 107 Å². The molecule has 4 aromatic heterocycles. The zero-order valence-corrected chi connectivity index (χ0v) is 79.9. The number of carbonyl (C=O) groups excluding carboxylic acids is 12. The molecule has 4 heterocycles. The largest absolute Gasteiger partial charge is 0.495 e. The number of halogens is 6. The van der Waals surface area contributed by atoms with Gasteiger partial charge in [0, 0.05) is 119 Å². The lowest BCUT2D eigenvalue weighted by Gasteiger charge is -2.14. The van der Waals surface area contributed by atoms with Gasteiger partial charge >= 0.3 is 30.4 Å². The van der Waals surface area contributed by atoms with E-state index in [1.54, 1.807) is 40.2 Å². The number of hydrogen-bond donors (Lipinski definition) is 10. The average Bonchev–Trinajstić information content (AvgIpc) is 1.41. The van der Waals surface area contributed by atoms with Crippen molar-refractivity contribution in [2.45, 2.75) is 81.6 Å². The quantitative estimate of drug-likeness (QED) is 0.0138. The van der Waals surface area contributed by atoms with Gasteiger partial charge in [-0.25, -0.2) is 14.6 Å². The standard InChI is InChI=1S/C20H21BrN2O5.C13H15BrN2O2.C11H13BrN2O.C9H9BrN2O4.C9H11BrN2O2.C9H10N2O4.C7H8N2O3.3CO2.ClH/c1-5-10-8-12-15(21)18(26-4)17-14(16(12)22-10)11(19(24)27-6-2)9-13(23-17)20(25)28-7-3;1-4-8-5-9-10(16-8)6-11(15-7(2)17)13(18-3)12(9)14;1-3-6-4-7-9(14-6)5-8(13)11(15-2)10(7)12;1-5(13)11-8-4-6(12(14)15)3-7(10)9(8)16-2;1-5(13)12-8-4-6(11)3-7(10)9(8)14-2;1-6(12)10-8-5-7(11(13)14)3-4-9(8)15-2;1-12-7-3-2-5(9(10)11)4-6(7)8;3*2-1-3;/h8-9,22H,5-7H2,1-4H3;5-6,16H,4H2,1-3H3,(H,15,17);4-5,14H,3,13H2,1-2H3;3-4H,1-2H3,(H,11,13);3-4H,11H2,1-2H3,(H,12,13);3-5H,1-2H3,(H,10,12);2-4H,8H2,1H3;;;;1H. The summed E-state index contributed by atoms with van der Waals surface area (Å²) >= 11 is 17.0. The number of non-ortho nitro benzene ring substituents is 3. The number of aromatic amines is 3. The highest BCUT2D eigenvalue weighted by Gasteiger charge is 2.27. The number of esters is 2. The molecule has 13 N–H and O–H groups in total. The summed E-state index contributed by atoms with van der Waals surface area (Å²) in [5.41, 5.74) is 26.6. The van der Waals surface area contributed by atoms with Gasteiger partial charge in [0.15, 0.2) is 28.7 Å². The van der Waals surface area contributed by atoms with Crippen molar-refractivity contribution in [1.82, 2.24) is 19.9 Å². The van der Waals surface area contributed by atoms with Gasteiger partial charge in [0.25, 0.3) is 17.1 Å². The second-order valence-corrected chi connectivity index (χ2v) is 28.5. The van der Waals surface area contributed by atoms with E-state index < -0.39 is 26.7 Å². The Labute approximate surface area is 777 Å². The minimum absolute atomic E-state index is 0. The van der Waals surface area contributed by atoms with Crippen LogP contribution < -0.4 is 71.6 Å². The highest BCUT2D eigenvalue weighted by atomic mass is 79.9. The van der Waals surface area contributed by atoms with Gasteiger partial charge in [0.2, 0.25) is 23.6 Å². The molecule has 0 spiro atoms. The Kier molecular flexibility index (Phi) is 49.5. The van der Waals surface area contributed by atoms with Gasteiger partial charge in [-0.2, -0.15) is 28.8 Å². The maximum atomic E-state index is 12.7. The molecule has 0 saturated heterocycles. The zero-order chi connectivity index (χ0) is 96.4. The lowest BCUT2D eigenvalue weighted by Crippen LogP contribution is -2.12. The van der Waals surface area contributed by atoms with E-state index in [9.17, 15) is 59.1 Å². The Bertz CT molecular complexity index is 5860. The highest BCUT2D eigenvalue weighted by molar-refractivity contribution is 9.11. The number of nitrogens with zero attached hydrogens (tertiary/aromatic N) is 4. The average molecular weight is 2120 g/mol. The number of methoxy groups -OCH3 is 7. The number of aromatic nitrogens is 4. The molecule has 0 bridgehead atoms. The number of anilines is 7. The molecule has 128 heavy (non-hydrogen) atoms. The summed E-state index contributed by atoms with van der Waals surface area (Å²) in [6.45, 7) is 15.6. The van der Waals surface area contributed by atoms with Crippen LogP contribution in [0, 0.1) is 30.3 Å². The number of carbonyl (C=O) groups is 6. The number of nitro benzene ring substituents is 3. The summed E-state index contributed by atoms with van der Waals surface area (Å²) < 4.78 is 50.0. The van der Waals surface area contributed by atoms with Gasteiger partial charge in [-0.3, -0.25) is 49.5 Å². The smallest absolute Gasteiger partial charge is 0.373 e. The molecule has 11 aromatic rings. The fourth-order valence-electron chi connectivity index (χ4n) is 11.0. The third kappa shape index (κ3) is 32.8. The molecule has 0 radical (unpaired) electrons. The molecule has 41 nitrogen and oxygen atoms in total. The lowest BCUT2D eigenvalue weighted by atomic mass is 10.0. The van der Waals surface area contributed by atoms with Crippen molar-refractivity contribution >= 4 is 247 Å². The number of nitrogen functional groups attached to an aromatic ring is 3. The number of amides is 4. The van der Waals surface area contributed by atoms with Crippen LogP contribution in [0.3, 0.4) is 0 Å². The molecule has 0 saturated carbocycles. The fraction of sp³-hybridized carbons (Fsp3) is 0.259. The Morgan fingerprint density at radius 2 is 0.797 bits per heavy atom. The summed E-state index contributed by atoms with van der Waals surface area (Å²) in [4.78, 5) is 162. The molecule has 686 valence electrons. The third-order valence-corrected chi connectivity index (χ3v) is 19.6. The number of nitro groups is 3. The third-order valence-electron chi connectivity index (χ3n) is 16.1. The lowest BCUT2D eigenvalue weighted by molar-refractivity contribution is -0.385. The van der Waals surface area contributed by atoms with Crippen molar-refractivity contribution in [2.75, 3.05) is 101 Å². The number of nitrogens with one attached hydrogen (secondary N) is 7. The first-order chi connectivity index (χ1) is 60.1. The van der Waals surface area contributed by atoms with E-state index in [0.29, 0.717) is 93.0 Å². The summed E-state index contributed by atoms with van der Waals surface area (Å²) in [5.74, 6) is 1.42. The summed E-state index contributed by atoms with van der Waals surface area (Å²) in [5, 5.41) is 45.3. The first-order valence-corrected chi connectivity index (χ1v) is 40.3. The molecule has 0 aliphatic carbocycles. The van der Waals surface area contributed by atoms with Crippen molar-refractivity contribution in [3.8, 4) is 40.2 Å². The van der Waals surface area contributed by atoms with E-state index in [1.807, 2.05) is 25.1 Å². The minimum Gasteiger partial charge on any atom is -0.495 e. The monoisotopic (exact) mass is 2120 g/mol. The van der Waals surface area contributed by atoms with Gasteiger partial charge in [0.05, 0.1) is 145 Å². The van der Waals surface area contributed by atoms with Crippen LogP contribution in [0.25, 0.3) is 43.6 Å². The Hall–Kier alpha value is -13.6. The van der Waals surface area contributed by atoms with Crippen LogP contribution in [-0.2, 0) is 76.7 Å². The van der Waals surface area contributed by atoms with E-state index in [4.69, 9.17) is 88.6 Å². The molecular weight excluding hydrogens is 2040 g/mol. The predicted octanol–water partition coefficient (Wildman–Crippen LogP) is 16.7. The number of benzene rings is 7. The van der Waals surface area contributed by atoms with Crippen LogP contribution in [0.15, 0.2) is 119 Å². The number of rotatable bonds is 21. The maximum Gasteiger partial charge on any atom is 0.373 e. The van der Waals surface area contributed by atoms with Crippen molar-refractivity contribution in [1.29, 1.82) is 0 Å². The van der Waals surface area contributed by atoms with E-state index in [2.05, 4.69) is 147 Å². The molecule has 0 aliphatic heterocycles. The normalized spacial score (nSPS) is 9.63. The topological polar surface area (TPSA) is 604 Å². The molecule has 0 fully saturated rings. The molecule has 7 aromatic carbocycles. The molecule has 0 atom stereocenters. The summed E-state index contributed by atoms with van der Waals surface area (Å²) in [7, 11) is 10.5. The number of nitrogens with two attached hydrogens (primary N) is 3. The van der Waals surface area contributed by atoms with E-state index >= 15 is 0 Å². The molecule has 11 rings (SSSR count). The first-order valence-electron chi connectivity index (χ1n) is 36.3. The SMILES string of the molecule is CCOC(=O)c1cc(C(=O)OCC)c2c(n1)c(OC)c(Br)c1cc(CC)[nH]c12.CCc1cc2c(Br)c(OC)c(N)cc2[nH]1.CCc1cc2c(Br)c(OC)c(NC(C)=O)cc2[nH]1.COc1c(Br)cc(N)cc1NC(C)=O.COc1c(Br)cc([N+](=O)[O-])cc1NC(C)=O.COc1ccc([N+](=O)[O-])cc1N.COc1ccc([N+](=O)[O-])cc1NC(C)=O.Cl.O=C=O.O=C=O.O=C=O. The fourth-order valence-corrected chi connectivity index (χ4v) is 14.3. The number of hydrogen-bond acceptors (Lipinski definition) is 31. The van der Waals surface area contributed by atoms with Gasteiger partial charge in [-0.1, -0.05) is 20.8 Å². The molecule has 47 heteroatoms. The molecular formula is C81H88Br5ClN14O27. The van der Waals surface area contributed by atoms with Crippen LogP contribution >= 0.6 is 92.1 Å². The van der Waals surface area contributed by atoms with Crippen molar-refractivity contribution in [3.05, 3.63) is 178 Å². The highest BCUT2D eigenvalue weighted by Crippen LogP contribution is 2.45. The van der Waals surface area contributed by atoms with Gasteiger partial charge in [-0.15, -0.1) is 12.4 Å². The van der Waals surface area contributed by atoms with Gasteiger partial charge in [-0.05, 0) is 173 Å². The van der Waals surface area contributed by atoms with Crippen LogP contribution in [0.4, 0.5) is 56.9 Å².